The van der Waals surface area contributed by atoms with Crippen molar-refractivity contribution in [3.05, 3.63) is 107 Å². The Bertz CT molecular complexity index is 890. The average molecular weight is 379 g/mol. The van der Waals surface area contributed by atoms with Crippen LogP contribution in [0.2, 0.25) is 5.02 Å². The molecule has 3 N–H and O–H groups in total. The van der Waals surface area contributed by atoms with E-state index >= 15 is 0 Å². The summed E-state index contributed by atoms with van der Waals surface area (Å²) in [5, 5.41) is 3.09. The number of hydrogen-bond donors (Lipinski definition) is 2. The first-order valence-electron chi connectivity index (χ1n) is 8.52. The molecule has 0 aliphatic heterocycles. The third kappa shape index (κ3) is 4.36. The van der Waals surface area contributed by atoms with Crippen molar-refractivity contribution in [1.29, 1.82) is 0 Å². The van der Waals surface area contributed by atoms with Crippen LogP contribution in [0, 0.1) is 0 Å². The third-order valence-electron chi connectivity index (χ3n) is 4.36. The molecule has 0 heterocycles. The maximum absolute atomic E-state index is 12.7. The molecule has 0 fully saturated rings. The van der Waals surface area contributed by atoms with Gasteiger partial charge in [-0.15, -0.1) is 0 Å². The third-order valence-corrected chi connectivity index (χ3v) is 4.69. The Morgan fingerprint density at radius 3 is 1.74 bits per heavy atom. The molecule has 0 aliphatic rings. The molecular weight excluding hydrogens is 360 g/mol. The van der Waals surface area contributed by atoms with Crippen LogP contribution in [0.5, 0.6) is 0 Å². The van der Waals surface area contributed by atoms with E-state index in [1.54, 1.807) is 24.3 Å². The topological polar surface area (TPSA) is 72.2 Å². The smallest absolute Gasteiger partial charge is 0.253 e. The Balaban J connectivity index is 2.00. The number of carbonyl (C=O) groups excluding carboxylic acids is 2. The largest absolute Gasteiger partial charge is 0.368 e. The van der Waals surface area contributed by atoms with Gasteiger partial charge in [-0.3, -0.25) is 9.59 Å². The lowest BCUT2D eigenvalue weighted by Crippen LogP contribution is -2.48. The number of halogens is 1. The number of benzene rings is 3. The molecule has 2 amide bonds. The standard InChI is InChI=1S/C22H19ClN2O2/c23-18-14-8-7-13-17(18)22(27)25-20(21(24)26)19(15-9-3-1-4-10-15)16-11-5-2-6-12-16/h1-14,19-20H,(H2,24,26)(H,25,27)/t20-/m0/s1. The van der Waals surface area contributed by atoms with Crippen molar-refractivity contribution in [2.24, 2.45) is 5.73 Å². The highest BCUT2D eigenvalue weighted by atomic mass is 35.5. The number of nitrogens with two attached hydrogens (primary N) is 1. The molecule has 0 saturated carbocycles. The number of hydrogen-bond acceptors (Lipinski definition) is 2. The van der Waals surface area contributed by atoms with Crippen molar-refractivity contribution in [3.8, 4) is 0 Å². The minimum atomic E-state index is -0.932. The Morgan fingerprint density at radius 1 is 0.778 bits per heavy atom. The minimum Gasteiger partial charge on any atom is -0.368 e. The fourth-order valence-corrected chi connectivity index (χ4v) is 3.30. The van der Waals surface area contributed by atoms with Gasteiger partial charge in [-0.2, -0.15) is 0 Å². The van der Waals surface area contributed by atoms with Crippen molar-refractivity contribution in [3.63, 3.8) is 0 Å². The lowest BCUT2D eigenvalue weighted by atomic mass is 9.84. The number of nitrogens with one attached hydrogen (secondary N) is 1. The summed E-state index contributed by atoms with van der Waals surface area (Å²) in [5.74, 6) is -1.48. The zero-order valence-corrected chi connectivity index (χ0v) is 15.3. The number of primary amides is 1. The van der Waals surface area contributed by atoms with E-state index in [-0.39, 0.29) is 0 Å². The number of rotatable bonds is 6. The monoisotopic (exact) mass is 378 g/mol. The molecule has 0 saturated heterocycles. The normalized spacial score (nSPS) is 11.8. The van der Waals surface area contributed by atoms with Crippen molar-refractivity contribution in [2.45, 2.75) is 12.0 Å². The summed E-state index contributed by atoms with van der Waals surface area (Å²) >= 11 is 6.12. The van der Waals surface area contributed by atoms with Crippen molar-refractivity contribution in [1.82, 2.24) is 5.32 Å². The molecule has 3 aromatic rings. The lowest BCUT2D eigenvalue weighted by Gasteiger charge is -2.27. The summed E-state index contributed by atoms with van der Waals surface area (Å²) in [7, 11) is 0. The fraction of sp³-hybridized carbons (Fsp3) is 0.0909. The zero-order chi connectivity index (χ0) is 19.2. The van der Waals surface area contributed by atoms with E-state index in [9.17, 15) is 9.59 Å². The van der Waals surface area contributed by atoms with Crippen LogP contribution in [0.25, 0.3) is 0 Å². The van der Waals surface area contributed by atoms with Crippen molar-refractivity contribution in [2.75, 3.05) is 0 Å². The Hall–Kier alpha value is -3.11. The molecule has 3 rings (SSSR count). The molecule has 4 nitrogen and oxygen atoms in total. The second kappa shape index (κ2) is 8.52. The first kappa shape index (κ1) is 18.7. The Kier molecular flexibility index (Phi) is 5.89. The van der Waals surface area contributed by atoms with Gasteiger partial charge in [0, 0.05) is 5.92 Å². The summed E-state index contributed by atoms with van der Waals surface area (Å²) < 4.78 is 0. The van der Waals surface area contributed by atoms with E-state index in [4.69, 9.17) is 17.3 Å². The predicted molar refractivity (Wildman–Crippen MR) is 107 cm³/mol. The van der Waals surface area contributed by atoms with Gasteiger partial charge in [0.05, 0.1) is 10.6 Å². The van der Waals surface area contributed by atoms with Gasteiger partial charge in [-0.05, 0) is 23.3 Å². The maximum atomic E-state index is 12.7. The maximum Gasteiger partial charge on any atom is 0.253 e. The van der Waals surface area contributed by atoms with Gasteiger partial charge in [0.25, 0.3) is 5.91 Å². The molecule has 0 bridgehead atoms. The van der Waals surface area contributed by atoms with Crippen LogP contribution in [-0.4, -0.2) is 17.9 Å². The molecular formula is C22H19ClN2O2. The highest BCUT2D eigenvalue weighted by Gasteiger charge is 2.31. The summed E-state index contributed by atoms with van der Waals surface area (Å²) in [5.41, 5.74) is 7.75. The second-order valence-electron chi connectivity index (χ2n) is 6.13. The van der Waals surface area contributed by atoms with E-state index in [2.05, 4.69) is 5.32 Å². The molecule has 136 valence electrons. The minimum absolute atomic E-state index is 0.297. The molecule has 0 aliphatic carbocycles. The highest BCUT2D eigenvalue weighted by Crippen LogP contribution is 2.28. The SMILES string of the molecule is NC(=O)[C@@H](NC(=O)c1ccccc1Cl)C(c1ccccc1)c1ccccc1. The summed E-state index contributed by atoms with van der Waals surface area (Å²) in [6.45, 7) is 0. The van der Waals surface area contributed by atoms with Gasteiger partial charge in [0.15, 0.2) is 0 Å². The summed E-state index contributed by atoms with van der Waals surface area (Å²) in [6, 6.07) is 24.7. The van der Waals surface area contributed by atoms with Gasteiger partial charge in [0.2, 0.25) is 5.91 Å². The molecule has 0 spiro atoms. The van der Waals surface area contributed by atoms with Crippen LogP contribution < -0.4 is 11.1 Å². The highest BCUT2D eigenvalue weighted by molar-refractivity contribution is 6.33. The van der Waals surface area contributed by atoms with Crippen molar-refractivity contribution >= 4 is 23.4 Å². The number of carbonyl (C=O) groups is 2. The van der Waals surface area contributed by atoms with E-state index in [0.717, 1.165) is 11.1 Å². The number of amides is 2. The van der Waals surface area contributed by atoms with Gasteiger partial charge >= 0.3 is 0 Å². The first-order chi connectivity index (χ1) is 13.1. The zero-order valence-electron chi connectivity index (χ0n) is 14.5. The van der Waals surface area contributed by atoms with Crippen LogP contribution in [0.1, 0.15) is 27.4 Å². The Morgan fingerprint density at radius 2 is 1.26 bits per heavy atom. The van der Waals surface area contributed by atoms with Gasteiger partial charge < -0.3 is 11.1 Å². The molecule has 0 aromatic heterocycles. The van der Waals surface area contributed by atoms with Crippen LogP contribution in [0.3, 0.4) is 0 Å². The molecule has 5 heteroatoms. The van der Waals surface area contributed by atoms with Crippen LogP contribution >= 0.6 is 11.6 Å². The molecule has 0 radical (unpaired) electrons. The van der Waals surface area contributed by atoms with E-state index in [1.807, 2.05) is 60.7 Å². The Labute approximate surface area is 163 Å². The molecule has 0 unspecified atom stereocenters. The lowest BCUT2D eigenvalue weighted by molar-refractivity contribution is -0.120. The average Bonchev–Trinajstić information content (AvgIpc) is 2.69. The van der Waals surface area contributed by atoms with E-state index in [0.29, 0.717) is 10.6 Å². The molecule has 1 atom stereocenters. The second-order valence-corrected chi connectivity index (χ2v) is 6.54. The van der Waals surface area contributed by atoms with Gasteiger partial charge in [0.1, 0.15) is 6.04 Å². The van der Waals surface area contributed by atoms with E-state index in [1.165, 1.54) is 0 Å². The van der Waals surface area contributed by atoms with Crippen LogP contribution in [0.4, 0.5) is 0 Å². The molecule has 27 heavy (non-hydrogen) atoms. The van der Waals surface area contributed by atoms with Crippen LogP contribution in [-0.2, 0) is 4.79 Å². The van der Waals surface area contributed by atoms with Crippen LogP contribution in [0.15, 0.2) is 84.9 Å². The van der Waals surface area contributed by atoms with E-state index < -0.39 is 23.8 Å². The molecule has 3 aromatic carbocycles. The summed E-state index contributed by atoms with van der Waals surface area (Å²) in [4.78, 5) is 25.1. The van der Waals surface area contributed by atoms with Crippen molar-refractivity contribution < 1.29 is 9.59 Å². The fourth-order valence-electron chi connectivity index (χ4n) is 3.08. The van der Waals surface area contributed by atoms with Gasteiger partial charge in [-0.1, -0.05) is 84.4 Å². The summed E-state index contributed by atoms with van der Waals surface area (Å²) in [6.07, 6.45) is 0. The first-order valence-corrected chi connectivity index (χ1v) is 8.90. The van der Waals surface area contributed by atoms with Gasteiger partial charge in [-0.25, -0.2) is 0 Å². The quantitative estimate of drug-likeness (QED) is 0.685. The predicted octanol–water partition coefficient (Wildman–Crippen LogP) is 3.76.